The van der Waals surface area contributed by atoms with Crippen LogP contribution in [0.4, 0.5) is 0 Å². The SMILES string of the molecule is CCOC(=O)CCCNC(=O)CSc1nc2sc(C)c(C)c2c(=O)n1C1CCCC1. The Labute approximate surface area is 184 Å². The summed E-state index contributed by atoms with van der Waals surface area (Å²) in [4.78, 5) is 43.6. The third kappa shape index (κ3) is 5.24. The van der Waals surface area contributed by atoms with Gasteiger partial charge in [0, 0.05) is 23.9 Å². The molecule has 2 aromatic heterocycles. The number of esters is 1. The van der Waals surface area contributed by atoms with Gasteiger partial charge in [0.05, 0.1) is 17.7 Å². The summed E-state index contributed by atoms with van der Waals surface area (Å²) < 4.78 is 6.70. The standard InChI is InChI=1S/C21H29N3O4S2/c1-4-28-17(26)10-7-11-22-16(25)12-29-21-23-19-18(13(2)14(3)30-19)20(27)24(21)15-8-5-6-9-15/h15H,4-12H2,1-3H3,(H,22,25). The van der Waals surface area contributed by atoms with Crippen molar-refractivity contribution in [1.29, 1.82) is 0 Å². The molecule has 9 heteroatoms. The van der Waals surface area contributed by atoms with Crippen LogP contribution in [0.25, 0.3) is 10.2 Å². The van der Waals surface area contributed by atoms with Gasteiger partial charge in [-0.3, -0.25) is 19.0 Å². The van der Waals surface area contributed by atoms with E-state index in [1.807, 2.05) is 18.4 Å². The van der Waals surface area contributed by atoms with Crippen LogP contribution in [-0.4, -0.2) is 40.3 Å². The normalized spacial score (nSPS) is 14.4. The number of carbonyl (C=O) groups excluding carboxylic acids is 2. The van der Waals surface area contributed by atoms with Gasteiger partial charge in [-0.05, 0) is 45.6 Å². The molecule has 2 heterocycles. The third-order valence-corrected chi connectivity index (χ3v) is 7.46. The number of aromatic nitrogens is 2. The molecule has 0 unspecified atom stereocenters. The summed E-state index contributed by atoms with van der Waals surface area (Å²) in [5.74, 6) is -0.191. The number of hydrogen-bond donors (Lipinski definition) is 1. The Hall–Kier alpha value is -1.87. The van der Waals surface area contributed by atoms with E-state index in [0.29, 0.717) is 24.7 Å². The fourth-order valence-corrected chi connectivity index (χ4v) is 5.72. The van der Waals surface area contributed by atoms with Crippen LogP contribution >= 0.6 is 23.1 Å². The summed E-state index contributed by atoms with van der Waals surface area (Å²) in [6.07, 6.45) is 5.01. The second-order valence-corrected chi connectivity index (χ2v) is 9.66. The van der Waals surface area contributed by atoms with Crippen molar-refractivity contribution >= 4 is 45.2 Å². The Morgan fingerprint density at radius 1 is 1.30 bits per heavy atom. The molecule has 0 spiro atoms. The van der Waals surface area contributed by atoms with E-state index in [2.05, 4.69) is 5.32 Å². The minimum Gasteiger partial charge on any atom is -0.466 e. The third-order valence-electron chi connectivity index (χ3n) is 5.41. The van der Waals surface area contributed by atoms with Crippen molar-refractivity contribution in [2.24, 2.45) is 0 Å². The van der Waals surface area contributed by atoms with Crippen molar-refractivity contribution in [2.75, 3.05) is 18.9 Å². The molecule has 3 rings (SSSR count). The molecule has 1 saturated carbocycles. The van der Waals surface area contributed by atoms with Crippen molar-refractivity contribution < 1.29 is 14.3 Å². The van der Waals surface area contributed by atoms with Crippen molar-refractivity contribution in [3.05, 3.63) is 20.8 Å². The number of rotatable bonds is 9. The fraction of sp³-hybridized carbons (Fsp3) is 0.619. The lowest BCUT2D eigenvalue weighted by molar-refractivity contribution is -0.143. The van der Waals surface area contributed by atoms with Gasteiger partial charge in [0.1, 0.15) is 4.83 Å². The van der Waals surface area contributed by atoms with E-state index in [0.717, 1.165) is 46.3 Å². The molecule has 1 N–H and O–H groups in total. The second-order valence-electron chi connectivity index (χ2n) is 7.52. The van der Waals surface area contributed by atoms with Gasteiger partial charge >= 0.3 is 5.97 Å². The molecule has 1 amide bonds. The van der Waals surface area contributed by atoms with Crippen LogP contribution in [0.5, 0.6) is 0 Å². The van der Waals surface area contributed by atoms with E-state index in [4.69, 9.17) is 9.72 Å². The van der Waals surface area contributed by atoms with E-state index in [9.17, 15) is 14.4 Å². The van der Waals surface area contributed by atoms with Crippen LogP contribution < -0.4 is 10.9 Å². The topological polar surface area (TPSA) is 90.3 Å². The quantitative estimate of drug-likeness (QED) is 0.270. The van der Waals surface area contributed by atoms with Crippen LogP contribution in [0.3, 0.4) is 0 Å². The number of nitrogens with one attached hydrogen (secondary N) is 1. The molecular weight excluding hydrogens is 422 g/mol. The van der Waals surface area contributed by atoms with Crippen LogP contribution in [0, 0.1) is 13.8 Å². The number of thioether (sulfide) groups is 1. The van der Waals surface area contributed by atoms with Crippen LogP contribution in [0.1, 0.15) is 61.9 Å². The molecule has 1 fully saturated rings. The average molecular weight is 452 g/mol. The number of carbonyl (C=O) groups is 2. The van der Waals surface area contributed by atoms with Gasteiger partial charge in [-0.25, -0.2) is 4.98 Å². The predicted molar refractivity (Wildman–Crippen MR) is 120 cm³/mol. The molecular formula is C21H29N3O4S2. The molecule has 0 aliphatic heterocycles. The number of thiophene rings is 1. The summed E-state index contributed by atoms with van der Waals surface area (Å²) in [6, 6.07) is 0.157. The molecule has 164 valence electrons. The second kappa shape index (κ2) is 10.4. The predicted octanol–water partition coefficient (Wildman–Crippen LogP) is 3.74. The van der Waals surface area contributed by atoms with E-state index < -0.39 is 0 Å². The first-order valence-corrected chi connectivity index (χ1v) is 12.3. The van der Waals surface area contributed by atoms with Gasteiger partial charge in [-0.2, -0.15) is 0 Å². The maximum absolute atomic E-state index is 13.3. The van der Waals surface area contributed by atoms with E-state index in [1.165, 1.54) is 23.1 Å². The zero-order chi connectivity index (χ0) is 21.7. The Kier molecular flexibility index (Phi) is 7.93. The summed E-state index contributed by atoms with van der Waals surface area (Å²) in [5, 5.41) is 4.17. The Morgan fingerprint density at radius 2 is 2.03 bits per heavy atom. The summed E-state index contributed by atoms with van der Waals surface area (Å²) in [6.45, 7) is 6.55. The van der Waals surface area contributed by atoms with E-state index >= 15 is 0 Å². The number of aryl methyl sites for hydroxylation is 2. The van der Waals surface area contributed by atoms with Gasteiger partial charge in [0.2, 0.25) is 5.91 Å². The molecule has 0 atom stereocenters. The summed E-state index contributed by atoms with van der Waals surface area (Å²) in [7, 11) is 0. The maximum Gasteiger partial charge on any atom is 0.305 e. The van der Waals surface area contributed by atoms with Crippen molar-refractivity contribution in [3.8, 4) is 0 Å². The minimum atomic E-state index is -0.249. The molecule has 7 nitrogen and oxygen atoms in total. The molecule has 30 heavy (non-hydrogen) atoms. The minimum absolute atomic E-state index is 0.0195. The molecule has 1 aliphatic rings. The van der Waals surface area contributed by atoms with Gasteiger partial charge < -0.3 is 10.1 Å². The maximum atomic E-state index is 13.3. The van der Waals surface area contributed by atoms with Gasteiger partial charge in [-0.1, -0.05) is 24.6 Å². The van der Waals surface area contributed by atoms with Gasteiger partial charge in [0.15, 0.2) is 5.16 Å². The zero-order valence-electron chi connectivity index (χ0n) is 17.8. The highest BCUT2D eigenvalue weighted by Gasteiger charge is 2.25. The summed E-state index contributed by atoms with van der Waals surface area (Å²) in [5.41, 5.74) is 1.03. The monoisotopic (exact) mass is 451 g/mol. The average Bonchev–Trinajstić information content (AvgIpc) is 3.32. The Bertz CT molecular complexity index is 977. The van der Waals surface area contributed by atoms with Crippen molar-refractivity contribution in [3.63, 3.8) is 0 Å². The first kappa shape index (κ1) is 22.8. The smallest absolute Gasteiger partial charge is 0.305 e. The van der Waals surface area contributed by atoms with Crippen LogP contribution in [-0.2, 0) is 14.3 Å². The highest BCUT2D eigenvalue weighted by molar-refractivity contribution is 7.99. The number of fused-ring (bicyclic) bond motifs is 1. The lowest BCUT2D eigenvalue weighted by Crippen LogP contribution is -2.29. The highest BCUT2D eigenvalue weighted by Crippen LogP contribution is 2.34. The molecule has 1 aliphatic carbocycles. The first-order valence-electron chi connectivity index (χ1n) is 10.5. The zero-order valence-corrected chi connectivity index (χ0v) is 19.4. The van der Waals surface area contributed by atoms with Crippen molar-refractivity contribution in [1.82, 2.24) is 14.9 Å². The summed E-state index contributed by atoms with van der Waals surface area (Å²) >= 11 is 2.85. The molecule has 0 radical (unpaired) electrons. The largest absolute Gasteiger partial charge is 0.466 e. The highest BCUT2D eigenvalue weighted by atomic mass is 32.2. The first-order chi connectivity index (χ1) is 14.4. The van der Waals surface area contributed by atoms with Crippen LogP contribution in [0.15, 0.2) is 9.95 Å². The number of hydrogen-bond acceptors (Lipinski definition) is 7. The molecule has 0 bridgehead atoms. The van der Waals surface area contributed by atoms with Crippen LogP contribution in [0.2, 0.25) is 0 Å². The Balaban J connectivity index is 1.69. The lowest BCUT2D eigenvalue weighted by atomic mass is 10.2. The van der Waals surface area contributed by atoms with Gasteiger partial charge in [0.25, 0.3) is 5.56 Å². The fourth-order valence-electron chi connectivity index (χ4n) is 3.75. The van der Waals surface area contributed by atoms with E-state index in [1.54, 1.807) is 6.92 Å². The number of ether oxygens (including phenoxy) is 1. The molecule has 0 aromatic carbocycles. The van der Waals surface area contributed by atoms with E-state index in [-0.39, 0.29) is 35.7 Å². The Morgan fingerprint density at radius 3 is 2.73 bits per heavy atom. The van der Waals surface area contributed by atoms with Gasteiger partial charge in [-0.15, -0.1) is 11.3 Å². The number of amides is 1. The molecule has 2 aromatic rings. The number of nitrogens with zero attached hydrogens (tertiary/aromatic N) is 2. The lowest BCUT2D eigenvalue weighted by Gasteiger charge is -2.18. The molecule has 0 saturated heterocycles. The van der Waals surface area contributed by atoms with Crippen molar-refractivity contribution in [2.45, 2.75) is 70.5 Å².